The van der Waals surface area contributed by atoms with Gasteiger partial charge in [0.05, 0.1) is 22.7 Å². The van der Waals surface area contributed by atoms with Crippen LogP contribution in [0.4, 0.5) is 22.7 Å². The molecule has 0 bridgehead atoms. The zero-order valence-corrected chi connectivity index (χ0v) is 11.3. The molecular weight excluding hydrogens is 252 g/mol. The van der Waals surface area contributed by atoms with Crippen LogP contribution in [0.1, 0.15) is 6.92 Å². The number of fused-ring (bicyclic) bond motifs is 2. The number of para-hydroxylation sites is 4. The predicted molar refractivity (Wildman–Crippen MR) is 78.8 cm³/mol. The Bertz CT molecular complexity index is 662. The normalized spacial score (nSPS) is 12.7. The lowest BCUT2D eigenvalue weighted by molar-refractivity contribution is -0.134. The number of rotatable bonds is 1. The second-order valence-electron chi connectivity index (χ2n) is 4.73. The third-order valence-corrected chi connectivity index (χ3v) is 3.47. The zero-order valence-electron chi connectivity index (χ0n) is 11.3. The summed E-state index contributed by atoms with van der Waals surface area (Å²) in [6.45, 7) is 1.30. The van der Waals surface area contributed by atoms with Gasteiger partial charge in [0.25, 0.3) is 5.91 Å². The number of carbonyl (C=O) groups is 2. The van der Waals surface area contributed by atoms with Crippen LogP contribution >= 0.6 is 0 Å². The molecule has 0 radical (unpaired) electrons. The molecule has 0 unspecified atom stereocenters. The topological polar surface area (TPSA) is 40.6 Å². The Hall–Kier alpha value is -2.62. The summed E-state index contributed by atoms with van der Waals surface area (Å²) in [5.41, 5.74) is 3.27. The van der Waals surface area contributed by atoms with Crippen molar-refractivity contribution in [3.63, 3.8) is 0 Å². The van der Waals surface area contributed by atoms with E-state index >= 15 is 0 Å². The van der Waals surface area contributed by atoms with Crippen molar-refractivity contribution in [1.29, 1.82) is 0 Å². The van der Waals surface area contributed by atoms with Crippen molar-refractivity contribution in [2.45, 2.75) is 6.92 Å². The molecule has 0 spiro atoms. The average Bonchev–Trinajstić information content (AvgIpc) is 2.47. The first-order valence-electron chi connectivity index (χ1n) is 6.38. The fourth-order valence-corrected chi connectivity index (χ4v) is 2.51. The Morgan fingerprint density at radius 2 is 1.20 bits per heavy atom. The van der Waals surface area contributed by atoms with Crippen molar-refractivity contribution in [3.8, 4) is 0 Å². The van der Waals surface area contributed by atoms with Crippen LogP contribution in [0.15, 0.2) is 48.5 Å². The van der Waals surface area contributed by atoms with Crippen LogP contribution in [0, 0.1) is 0 Å². The summed E-state index contributed by atoms with van der Waals surface area (Å²) in [7, 11) is 1.95. The van der Waals surface area contributed by atoms with Crippen molar-refractivity contribution >= 4 is 34.4 Å². The molecule has 4 nitrogen and oxygen atoms in total. The Kier molecular flexibility index (Phi) is 2.79. The predicted octanol–water partition coefficient (Wildman–Crippen LogP) is 3.02. The van der Waals surface area contributed by atoms with E-state index in [2.05, 4.69) is 0 Å². The summed E-state index contributed by atoms with van der Waals surface area (Å²) in [5.74, 6) is -0.989. The molecule has 2 aromatic rings. The van der Waals surface area contributed by atoms with Crippen molar-refractivity contribution in [2.75, 3.05) is 16.8 Å². The van der Waals surface area contributed by atoms with E-state index in [4.69, 9.17) is 0 Å². The van der Waals surface area contributed by atoms with Crippen LogP contribution in [0.3, 0.4) is 0 Å². The summed E-state index contributed by atoms with van der Waals surface area (Å²) in [6.07, 6.45) is 0. The van der Waals surface area contributed by atoms with E-state index in [-0.39, 0.29) is 0 Å². The van der Waals surface area contributed by atoms with Crippen LogP contribution in [0.5, 0.6) is 0 Å². The van der Waals surface area contributed by atoms with Crippen molar-refractivity contribution in [3.05, 3.63) is 48.5 Å². The number of ketones is 1. The van der Waals surface area contributed by atoms with E-state index < -0.39 is 11.7 Å². The van der Waals surface area contributed by atoms with E-state index in [0.29, 0.717) is 0 Å². The van der Waals surface area contributed by atoms with E-state index in [1.54, 1.807) is 0 Å². The second-order valence-corrected chi connectivity index (χ2v) is 4.73. The number of anilines is 4. The molecule has 0 fully saturated rings. The lowest BCUT2D eigenvalue weighted by Crippen LogP contribution is -2.35. The molecule has 1 aliphatic heterocycles. The Morgan fingerprint density at radius 3 is 1.60 bits per heavy atom. The van der Waals surface area contributed by atoms with Gasteiger partial charge in [-0.2, -0.15) is 0 Å². The zero-order chi connectivity index (χ0) is 14.3. The first-order chi connectivity index (χ1) is 9.61. The minimum atomic E-state index is -0.516. The first kappa shape index (κ1) is 12.4. The van der Waals surface area contributed by atoms with Crippen LogP contribution < -0.4 is 9.80 Å². The highest BCUT2D eigenvalue weighted by Crippen LogP contribution is 2.46. The summed E-state index contributed by atoms with van der Waals surface area (Å²) in [6, 6.07) is 15.1. The lowest BCUT2D eigenvalue weighted by atomic mass is 10.1. The summed E-state index contributed by atoms with van der Waals surface area (Å²) < 4.78 is 0. The molecule has 0 saturated heterocycles. The average molecular weight is 266 g/mol. The largest absolute Gasteiger partial charge is 0.341 e. The molecule has 100 valence electrons. The quantitative estimate of drug-likeness (QED) is 0.745. The summed E-state index contributed by atoms with van der Waals surface area (Å²) in [4.78, 5) is 27.3. The maximum absolute atomic E-state index is 12.3. The highest BCUT2D eigenvalue weighted by molar-refractivity contribution is 6.43. The van der Waals surface area contributed by atoms with Crippen molar-refractivity contribution < 1.29 is 9.59 Å². The van der Waals surface area contributed by atoms with Crippen LogP contribution in [0.25, 0.3) is 0 Å². The van der Waals surface area contributed by atoms with Gasteiger partial charge in [-0.15, -0.1) is 0 Å². The van der Waals surface area contributed by atoms with Gasteiger partial charge in [-0.3, -0.25) is 14.5 Å². The number of benzene rings is 2. The van der Waals surface area contributed by atoms with Gasteiger partial charge in [0, 0.05) is 14.0 Å². The van der Waals surface area contributed by atoms with Gasteiger partial charge in [0.15, 0.2) is 0 Å². The fourth-order valence-electron chi connectivity index (χ4n) is 2.51. The highest BCUT2D eigenvalue weighted by atomic mass is 16.2. The Morgan fingerprint density at radius 1 is 0.800 bits per heavy atom. The van der Waals surface area contributed by atoms with Crippen LogP contribution in [-0.2, 0) is 9.59 Å². The SMILES string of the molecule is CC(=O)C(=O)N1c2ccccc2N(C)c2ccccc21. The Balaban J connectivity index is 2.27. The Labute approximate surface area is 117 Å². The molecule has 1 amide bonds. The third-order valence-electron chi connectivity index (χ3n) is 3.47. The summed E-state index contributed by atoms with van der Waals surface area (Å²) in [5, 5.41) is 0. The van der Waals surface area contributed by atoms with Gasteiger partial charge >= 0.3 is 0 Å². The fraction of sp³-hybridized carbons (Fsp3) is 0.125. The number of nitrogens with zero attached hydrogens (tertiary/aromatic N) is 2. The number of hydrogen-bond acceptors (Lipinski definition) is 3. The lowest BCUT2D eigenvalue weighted by Gasteiger charge is -2.36. The minimum absolute atomic E-state index is 0.473. The van der Waals surface area contributed by atoms with Crippen LogP contribution in [-0.4, -0.2) is 18.7 Å². The number of hydrogen-bond donors (Lipinski definition) is 0. The molecule has 0 aromatic heterocycles. The minimum Gasteiger partial charge on any atom is -0.341 e. The highest BCUT2D eigenvalue weighted by Gasteiger charge is 2.31. The first-order valence-corrected chi connectivity index (χ1v) is 6.38. The van der Waals surface area contributed by atoms with Gasteiger partial charge < -0.3 is 4.90 Å². The molecule has 20 heavy (non-hydrogen) atoms. The van der Waals surface area contributed by atoms with E-state index in [1.807, 2.05) is 60.5 Å². The van der Waals surface area contributed by atoms with E-state index in [1.165, 1.54) is 11.8 Å². The van der Waals surface area contributed by atoms with Gasteiger partial charge in [0.1, 0.15) is 0 Å². The molecule has 3 rings (SSSR count). The molecule has 2 aromatic carbocycles. The van der Waals surface area contributed by atoms with Gasteiger partial charge in [-0.1, -0.05) is 24.3 Å². The van der Waals surface area contributed by atoms with E-state index in [0.717, 1.165) is 22.7 Å². The van der Waals surface area contributed by atoms with Crippen LogP contribution in [0.2, 0.25) is 0 Å². The second kappa shape index (κ2) is 4.49. The number of Topliss-reactive ketones (excluding diaryl/α,β-unsaturated/α-hetero) is 1. The summed E-state index contributed by atoms with van der Waals surface area (Å²) >= 11 is 0. The maximum atomic E-state index is 12.3. The molecule has 0 aliphatic carbocycles. The molecule has 1 aliphatic rings. The third kappa shape index (κ3) is 1.69. The molecule has 0 atom stereocenters. The van der Waals surface area contributed by atoms with Gasteiger partial charge in [0.2, 0.25) is 5.78 Å². The molecule has 0 N–H and O–H groups in total. The number of amides is 1. The monoisotopic (exact) mass is 266 g/mol. The van der Waals surface area contributed by atoms with Crippen molar-refractivity contribution in [2.24, 2.45) is 0 Å². The van der Waals surface area contributed by atoms with E-state index in [9.17, 15) is 9.59 Å². The number of carbonyl (C=O) groups excluding carboxylic acids is 2. The standard InChI is InChI=1S/C16H14N2O2/c1-11(19)16(20)18-14-9-5-3-7-12(14)17(2)13-8-4-6-10-15(13)18/h3-10H,1-2H3. The van der Waals surface area contributed by atoms with Crippen molar-refractivity contribution in [1.82, 2.24) is 0 Å². The molecule has 1 heterocycles. The molecule has 4 heteroatoms. The maximum Gasteiger partial charge on any atom is 0.298 e. The smallest absolute Gasteiger partial charge is 0.298 e. The van der Waals surface area contributed by atoms with Gasteiger partial charge in [-0.05, 0) is 24.3 Å². The van der Waals surface area contributed by atoms with Gasteiger partial charge in [-0.25, -0.2) is 0 Å². The molecule has 0 saturated carbocycles. The molecular formula is C16H14N2O2.